The first-order chi connectivity index (χ1) is 6.95. The van der Waals surface area contributed by atoms with Crippen LogP contribution in [0.15, 0.2) is 42.5 Å². The van der Waals surface area contributed by atoms with Crippen LogP contribution in [-0.2, 0) is 0 Å². The predicted octanol–water partition coefficient (Wildman–Crippen LogP) is 3.45. The van der Waals surface area contributed by atoms with Gasteiger partial charge in [0.05, 0.1) is 0 Å². The first-order valence-corrected chi connectivity index (χ1v) is 5.39. The third-order valence-electron chi connectivity index (χ3n) is 2.75. The molecule has 1 heteroatoms. The number of nitrogens with one attached hydrogen (secondary N) is 1. The monoisotopic (exact) mass is 187 g/mol. The summed E-state index contributed by atoms with van der Waals surface area (Å²) in [6.07, 6.45) is 8.41. The van der Waals surface area contributed by atoms with Crippen LogP contribution in [0.5, 0.6) is 0 Å². The molecule has 0 aliphatic heterocycles. The summed E-state index contributed by atoms with van der Waals surface area (Å²) in [5.41, 5.74) is 1.24. The van der Waals surface area contributed by atoms with Crippen molar-refractivity contribution in [3.8, 4) is 0 Å². The summed E-state index contributed by atoms with van der Waals surface area (Å²) < 4.78 is 0. The summed E-state index contributed by atoms with van der Waals surface area (Å²) in [4.78, 5) is 0. The van der Waals surface area contributed by atoms with Crippen LogP contribution in [0, 0.1) is 5.92 Å². The van der Waals surface area contributed by atoms with Crippen molar-refractivity contribution in [2.75, 3.05) is 11.9 Å². The lowest BCUT2D eigenvalue weighted by Gasteiger charge is -2.18. The van der Waals surface area contributed by atoms with Crippen molar-refractivity contribution in [3.63, 3.8) is 0 Å². The molecule has 1 aliphatic carbocycles. The number of anilines is 1. The molecule has 1 aromatic rings. The highest BCUT2D eigenvalue weighted by atomic mass is 14.9. The molecule has 0 unspecified atom stereocenters. The Bertz CT molecular complexity index is 289. The lowest BCUT2D eigenvalue weighted by molar-refractivity contribution is 0.504. The van der Waals surface area contributed by atoms with Gasteiger partial charge in [0.15, 0.2) is 0 Å². The molecule has 0 saturated heterocycles. The number of hydrogen-bond donors (Lipinski definition) is 1. The molecular formula is C13H17N. The van der Waals surface area contributed by atoms with Gasteiger partial charge in [0.2, 0.25) is 0 Å². The van der Waals surface area contributed by atoms with Gasteiger partial charge in [-0.2, -0.15) is 0 Å². The standard InChI is InChI=1S/C13H17N/c1-3-7-12(8-4-1)11-14-13-9-5-2-6-10-13/h1-3,5-6,9-10,12,14H,4,7-8,11H2/t12-/m1/s1. The average Bonchev–Trinajstić information content (AvgIpc) is 2.29. The van der Waals surface area contributed by atoms with Crippen LogP contribution in [0.2, 0.25) is 0 Å². The second-order valence-electron chi connectivity index (χ2n) is 3.90. The van der Waals surface area contributed by atoms with Gasteiger partial charge in [-0.15, -0.1) is 0 Å². The van der Waals surface area contributed by atoms with E-state index in [2.05, 4.69) is 47.8 Å². The minimum Gasteiger partial charge on any atom is -0.385 e. The number of allylic oxidation sites excluding steroid dienone is 2. The van der Waals surface area contributed by atoms with Crippen molar-refractivity contribution >= 4 is 5.69 Å². The normalized spacial score (nSPS) is 20.7. The van der Waals surface area contributed by atoms with Crippen LogP contribution in [0.1, 0.15) is 19.3 Å². The van der Waals surface area contributed by atoms with Crippen molar-refractivity contribution in [1.29, 1.82) is 0 Å². The second-order valence-corrected chi connectivity index (χ2v) is 3.90. The first-order valence-electron chi connectivity index (χ1n) is 5.39. The summed E-state index contributed by atoms with van der Waals surface area (Å²) in [7, 11) is 0. The van der Waals surface area contributed by atoms with Crippen LogP contribution in [0.25, 0.3) is 0 Å². The molecule has 2 rings (SSSR count). The molecule has 1 atom stereocenters. The van der Waals surface area contributed by atoms with Crippen molar-refractivity contribution in [1.82, 2.24) is 0 Å². The van der Waals surface area contributed by atoms with E-state index >= 15 is 0 Å². The zero-order valence-corrected chi connectivity index (χ0v) is 8.45. The highest BCUT2D eigenvalue weighted by Gasteiger charge is 2.08. The fourth-order valence-corrected chi connectivity index (χ4v) is 1.86. The molecule has 0 spiro atoms. The topological polar surface area (TPSA) is 12.0 Å². The van der Waals surface area contributed by atoms with E-state index in [9.17, 15) is 0 Å². The Labute approximate surface area is 85.8 Å². The Hall–Kier alpha value is -1.24. The number of para-hydroxylation sites is 1. The number of benzene rings is 1. The summed E-state index contributed by atoms with van der Waals surface area (Å²) in [6, 6.07) is 10.4. The maximum absolute atomic E-state index is 3.48. The van der Waals surface area contributed by atoms with E-state index in [1.807, 2.05) is 0 Å². The molecule has 0 amide bonds. The molecule has 0 fully saturated rings. The minimum atomic E-state index is 0.820. The summed E-state index contributed by atoms with van der Waals surface area (Å²) in [5.74, 6) is 0.820. The van der Waals surface area contributed by atoms with Crippen LogP contribution >= 0.6 is 0 Å². The summed E-state index contributed by atoms with van der Waals surface area (Å²) in [5, 5.41) is 3.48. The van der Waals surface area contributed by atoms with E-state index in [-0.39, 0.29) is 0 Å². The van der Waals surface area contributed by atoms with Gasteiger partial charge in [0.1, 0.15) is 0 Å². The zero-order chi connectivity index (χ0) is 9.64. The number of hydrogen-bond acceptors (Lipinski definition) is 1. The van der Waals surface area contributed by atoms with E-state index in [4.69, 9.17) is 0 Å². The van der Waals surface area contributed by atoms with Crippen molar-refractivity contribution in [3.05, 3.63) is 42.5 Å². The SMILES string of the molecule is C1=CC[C@@H](CNc2ccccc2)CC1. The lowest BCUT2D eigenvalue weighted by atomic mass is 9.94. The molecule has 1 nitrogen and oxygen atoms in total. The number of rotatable bonds is 3. The molecule has 14 heavy (non-hydrogen) atoms. The van der Waals surface area contributed by atoms with E-state index in [0.29, 0.717) is 0 Å². The lowest BCUT2D eigenvalue weighted by Crippen LogP contribution is -2.15. The van der Waals surface area contributed by atoms with Gasteiger partial charge in [-0.05, 0) is 37.3 Å². The smallest absolute Gasteiger partial charge is 0.0340 e. The van der Waals surface area contributed by atoms with E-state index in [0.717, 1.165) is 12.5 Å². The molecule has 0 saturated carbocycles. The molecule has 0 aromatic heterocycles. The van der Waals surface area contributed by atoms with Crippen molar-refractivity contribution in [2.24, 2.45) is 5.92 Å². The predicted molar refractivity (Wildman–Crippen MR) is 61.4 cm³/mol. The fourth-order valence-electron chi connectivity index (χ4n) is 1.86. The molecule has 0 heterocycles. The molecule has 0 bridgehead atoms. The Morgan fingerprint density at radius 2 is 2.00 bits per heavy atom. The van der Waals surface area contributed by atoms with Gasteiger partial charge in [0.25, 0.3) is 0 Å². The van der Waals surface area contributed by atoms with Crippen LogP contribution in [0.3, 0.4) is 0 Å². The van der Waals surface area contributed by atoms with E-state index < -0.39 is 0 Å². The second kappa shape index (κ2) is 4.85. The molecular weight excluding hydrogens is 170 g/mol. The largest absolute Gasteiger partial charge is 0.385 e. The molecule has 74 valence electrons. The Morgan fingerprint density at radius 3 is 2.71 bits per heavy atom. The molecule has 0 radical (unpaired) electrons. The summed E-state index contributed by atoms with van der Waals surface area (Å²) in [6.45, 7) is 1.11. The Kier molecular flexibility index (Phi) is 3.23. The maximum atomic E-state index is 3.48. The Balaban J connectivity index is 1.80. The highest BCUT2D eigenvalue weighted by Crippen LogP contribution is 2.18. The van der Waals surface area contributed by atoms with Crippen molar-refractivity contribution in [2.45, 2.75) is 19.3 Å². The van der Waals surface area contributed by atoms with Crippen LogP contribution in [-0.4, -0.2) is 6.54 Å². The van der Waals surface area contributed by atoms with E-state index in [1.165, 1.54) is 24.9 Å². The summed E-state index contributed by atoms with van der Waals surface area (Å²) >= 11 is 0. The van der Waals surface area contributed by atoms with Gasteiger partial charge in [-0.25, -0.2) is 0 Å². The van der Waals surface area contributed by atoms with Gasteiger partial charge >= 0.3 is 0 Å². The van der Waals surface area contributed by atoms with E-state index in [1.54, 1.807) is 0 Å². The fraction of sp³-hybridized carbons (Fsp3) is 0.385. The molecule has 1 aromatic carbocycles. The van der Waals surface area contributed by atoms with Crippen LogP contribution < -0.4 is 5.32 Å². The van der Waals surface area contributed by atoms with Crippen LogP contribution in [0.4, 0.5) is 5.69 Å². The van der Waals surface area contributed by atoms with Gasteiger partial charge in [0, 0.05) is 12.2 Å². The van der Waals surface area contributed by atoms with Gasteiger partial charge in [-0.1, -0.05) is 30.4 Å². The van der Waals surface area contributed by atoms with Gasteiger partial charge < -0.3 is 5.32 Å². The third-order valence-corrected chi connectivity index (χ3v) is 2.75. The van der Waals surface area contributed by atoms with Gasteiger partial charge in [-0.3, -0.25) is 0 Å². The highest BCUT2D eigenvalue weighted by molar-refractivity contribution is 5.42. The zero-order valence-electron chi connectivity index (χ0n) is 8.45. The maximum Gasteiger partial charge on any atom is 0.0340 e. The first kappa shape index (κ1) is 9.32. The quantitative estimate of drug-likeness (QED) is 0.715. The molecule has 1 aliphatic rings. The Morgan fingerprint density at radius 1 is 1.14 bits per heavy atom. The minimum absolute atomic E-state index is 0.820. The molecule has 1 N–H and O–H groups in total. The average molecular weight is 187 g/mol. The third kappa shape index (κ3) is 2.63. The van der Waals surface area contributed by atoms with Crippen molar-refractivity contribution < 1.29 is 0 Å².